The molecule has 0 heterocycles. The average Bonchev–Trinajstić information content (AvgIpc) is 2.00. The quantitative estimate of drug-likeness (QED) is 0.405. The summed E-state index contributed by atoms with van der Waals surface area (Å²) in [5.41, 5.74) is 0. The van der Waals surface area contributed by atoms with E-state index < -0.39 is 17.3 Å². The molecule has 0 aliphatic rings. The van der Waals surface area contributed by atoms with Crippen LogP contribution in [-0.4, -0.2) is 22.4 Å². The largest absolute Gasteiger partial charge is 0.433 e. The number of hydrogen-bond acceptors (Lipinski definition) is 3. The van der Waals surface area contributed by atoms with E-state index in [9.17, 15) is 4.57 Å². The monoisotopic (exact) mass is 300 g/mol. The predicted octanol–water partition coefficient (Wildman–Crippen LogP) is 3.96. The first kappa shape index (κ1) is 14.9. The standard InChI is InChI=1S/C6H9Cl4O3P/c1-2-12-14(11,4-6(9)10)13-3-5(7)8/h2,5-6H,1,3-4H2. The fraction of sp³-hybridized carbons (Fsp3) is 0.667. The van der Waals surface area contributed by atoms with E-state index in [4.69, 9.17) is 55.5 Å². The van der Waals surface area contributed by atoms with Gasteiger partial charge in [-0.25, -0.2) is 4.57 Å². The first-order chi connectivity index (χ1) is 6.39. The highest BCUT2D eigenvalue weighted by Gasteiger charge is 2.28. The van der Waals surface area contributed by atoms with Crippen molar-refractivity contribution in [3.8, 4) is 0 Å². The highest BCUT2D eigenvalue weighted by molar-refractivity contribution is 7.54. The molecule has 0 aromatic carbocycles. The van der Waals surface area contributed by atoms with E-state index >= 15 is 0 Å². The molecule has 0 saturated carbocycles. The minimum Gasteiger partial charge on any atom is -0.433 e. The van der Waals surface area contributed by atoms with Crippen molar-refractivity contribution < 1.29 is 13.6 Å². The summed E-state index contributed by atoms with van der Waals surface area (Å²) in [5.74, 6) is 0. The number of halogens is 4. The Kier molecular flexibility index (Phi) is 7.67. The summed E-state index contributed by atoms with van der Waals surface area (Å²) in [4.78, 5) is -1.65. The van der Waals surface area contributed by atoms with Crippen molar-refractivity contribution in [1.29, 1.82) is 0 Å². The molecule has 0 saturated heterocycles. The Morgan fingerprint density at radius 1 is 1.29 bits per heavy atom. The number of alkyl halides is 4. The predicted molar refractivity (Wildman–Crippen MR) is 60.7 cm³/mol. The van der Waals surface area contributed by atoms with Crippen LogP contribution in [0.15, 0.2) is 12.8 Å². The normalized spacial score (nSPS) is 15.6. The summed E-state index contributed by atoms with van der Waals surface area (Å²) >= 11 is 21.7. The molecule has 84 valence electrons. The molecule has 0 rings (SSSR count). The third-order valence-electron chi connectivity index (χ3n) is 0.994. The Morgan fingerprint density at radius 3 is 2.21 bits per heavy atom. The summed E-state index contributed by atoms with van der Waals surface area (Å²) in [6, 6.07) is 0. The topological polar surface area (TPSA) is 35.5 Å². The van der Waals surface area contributed by atoms with Crippen LogP contribution in [0.25, 0.3) is 0 Å². The van der Waals surface area contributed by atoms with Crippen molar-refractivity contribution in [3.05, 3.63) is 12.8 Å². The average molecular weight is 302 g/mol. The Morgan fingerprint density at radius 2 is 1.86 bits per heavy atom. The van der Waals surface area contributed by atoms with Gasteiger partial charge in [0, 0.05) is 0 Å². The molecule has 0 amide bonds. The second-order valence-electron chi connectivity index (χ2n) is 2.14. The zero-order valence-electron chi connectivity index (χ0n) is 7.04. The van der Waals surface area contributed by atoms with Gasteiger partial charge >= 0.3 is 7.60 Å². The van der Waals surface area contributed by atoms with Crippen LogP contribution in [0.3, 0.4) is 0 Å². The molecule has 0 aromatic heterocycles. The van der Waals surface area contributed by atoms with Crippen molar-refractivity contribution in [2.45, 2.75) is 9.67 Å². The lowest BCUT2D eigenvalue weighted by Crippen LogP contribution is -2.07. The molecule has 0 radical (unpaired) electrons. The Balaban J connectivity index is 4.23. The molecule has 0 bridgehead atoms. The van der Waals surface area contributed by atoms with Gasteiger partial charge in [0.1, 0.15) is 9.67 Å². The van der Waals surface area contributed by atoms with Crippen molar-refractivity contribution in [2.75, 3.05) is 12.8 Å². The molecule has 0 aliphatic carbocycles. The SMILES string of the molecule is C=COP(=O)(CC(Cl)Cl)OCC(Cl)Cl. The van der Waals surface area contributed by atoms with Crippen LogP contribution >= 0.6 is 54.0 Å². The molecule has 8 heteroatoms. The van der Waals surface area contributed by atoms with Crippen molar-refractivity contribution >= 4 is 54.0 Å². The van der Waals surface area contributed by atoms with E-state index in [1.807, 2.05) is 0 Å². The van der Waals surface area contributed by atoms with Crippen LogP contribution in [0.1, 0.15) is 0 Å². The second kappa shape index (κ2) is 7.21. The van der Waals surface area contributed by atoms with Gasteiger partial charge in [-0.3, -0.25) is 4.52 Å². The van der Waals surface area contributed by atoms with Gasteiger partial charge in [-0.2, -0.15) is 0 Å². The van der Waals surface area contributed by atoms with Crippen molar-refractivity contribution in [2.24, 2.45) is 0 Å². The minimum absolute atomic E-state index is 0.130. The first-order valence-corrected chi connectivity index (χ1v) is 6.96. The van der Waals surface area contributed by atoms with Gasteiger partial charge < -0.3 is 4.52 Å². The van der Waals surface area contributed by atoms with Gasteiger partial charge in [-0.1, -0.05) is 6.58 Å². The zero-order chi connectivity index (χ0) is 11.2. The van der Waals surface area contributed by atoms with Gasteiger partial charge in [0.2, 0.25) is 0 Å². The highest BCUT2D eigenvalue weighted by atomic mass is 35.5. The summed E-state index contributed by atoms with van der Waals surface area (Å²) in [6.07, 6.45) is 0.844. The Labute approximate surface area is 103 Å². The fourth-order valence-electron chi connectivity index (χ4n) is 0.579. The molecule has 0 aliphatic heterocycles. The number of hydrogen-bond donors (Lipinski definition) is 0. The molecular weight excluding hydrogens is 293 g/mol. The van der Waals surface area contributed by atoms with Gasteiger partial charge in [-0.05, 0) is 0 Å². The summed E-state index contributed by atoms with van der Waals surface area (Å²) in [6.45, 7) is 3.12. The molecule has 0 fully saturated rings. The molecule has 1 unspecified atom stereocenters. The summed E-state index contributed by atoms with van der Waals surface area (Å²) in [5, 5.41) is 0. The van der Waals surface area contributed by atoms with Crippen LogP contribution in [-0.2, 0) is 13.6 Å². The van der Waals surface area contributed by atoms with Gasteiger partial charge in [0.25, 0.3) is 0 Å². The van der Waals surface area contributed by atoms with Gasteiger partial charge in [0.15, 0.2) is 0 Å². The van der Waals surface area contributed by atoms with E-state index in [0.29, 0.717) is 0 Å². The summed E-state index contributed by atoms with van der Waals surface area (Å²) < 4.78 is 21.3. The maximum Gasteiger partial charge on any atom is 0.381 e. The first-order valence-electron chi connectivity index (χ1n) is 3.49. The van der Waals surface area contributed by atoms with E-state index in [0.717, 1.165) is 6.26 Å². The molecule has 0 spiro atoms. The van der Waals surface area contributed by atoms with E-state index in [1.54, 1.807) is 0 Å². The van der Waals surface area contributed by atoms with E-state index in [-0.39, 0.29) is 12.8 Å². The maximum absolute atomic E-state index is 11.7. The van der Waals surface area contributed by atoms with Crippen LogP contribution in [0.4, 0.5) is 0 Å². The number of rotatable bonds is 7. The van der Waals surface area contributed by atoms with Crippen LogP contribution in [0.2, 0.25) is 0 Å². The second-order valence-corrected chi connectivity index (χ2v) is 6.75. The van der Waals surface area contributed by atoms with Crippen LogP contribution in [0, 0.1) is 0 Å². The smallest absolute Gasteiger partial charge is 0.381 e. The van der Waals surface area contributed by atoms with Crippen molar-refractivity contribution in [3.63, 3.8) is 0 Å². The Bertz CT molecular complexity index is 221. The van der Waals surface area contributed by atoms with Crippen LogP contribution in [0.5, 0.6) is 0 Å². The van der Waals surface area contributed by atoms with Crippen LogP contribution < -0.4 is 0 Å². The third-order valence-corrected chi connectivity index (χ3v) is 3.81. The lowest BCUT2D eigenvalue weighted by molar-refractivity contribution is 0.260. The van der Waals surface area contributed by atoms with Gasteiger partial charge in [0.05, 0.1) is 19.0 Å². The highest BCUT2D eigenvalue weighted by Crippen LogP contribution is 2.50. The third kappa shape index (κ3) is 7.22. The molecule has 0 N–H and O–H groups in total. The van der Waals surface area contributed by atoms with E-state index in [2.05, 4.69) is 6.58 Å². The minimum atomic E-state index is -3.38. The molecular formula is C6H9Cl4O3P. The lowest BCUT2D eigenvalue weighted by Gasteiger charge is -2.17. The van der Waals surface area contributed by atoms with E-state index in [1.165, 1.54) is 0 Å². The Hall–Kier alpha value is 0.890. The van der Waals surface area contributed by atoms with Gasteiger partial charge in [-0.15, -0.1) is 46.4 Å². The summed E-state index contributed by atoms with van der Waals surface area (Å²) in [7, 11) is -3.38. The molecule has 1 atom stereocenters. The lowest BCUT2D eigenvalue weighted by atomic mass is 10.9. The zero-order valence-corrected chi connectivity index (χ0v) is 11.0. The van der Waals surface area contributed by atoms with Crippen molar-refractivity contribution in [1.82, 2.24) is 0 Å². The molecule has 0 aromatic rings. The molecule has 14 heavy (non-hydrogen) atoms. The fourth-order valence-corrected chi connectivity index (χ4v) is 3.09. The molecule has 3 nitrogen and oxygen atoms in total. The maximum atomic E-state index is 11.7.